The second-order valence-corrected chi connectivity index (χ2v) is 16.7. The fourth-order valence-electron chi connectivity index (χ4n) is 9.41. The van der Waals surface area contributed by atoms with Crippen LogP contribution in [0.2, 0.25) is 0 Å². The van der Waals surface area contributed by atoms with Crippen LogP contribution < -0.4 is 4.90 Å². The van der Waals surface area contributed by atoms with E-state index in [1.165, 1.54) is 75.1 Å². The Morgan fingerprint density at radius 2 is 0.934 bits per heavy atom. The summed E-state index contributed by atoms with van der Waals surface area (Å²) in [4.78, 5) is 2.47. The van der Waals surface area contributed by atoms with E-state index in [4.69, 9.17) is 0 Å². The van der Waals surface area contributed by atoms with Gasteiger partial charge < -0.3 is 9.47 Å². The van der Waals surface area contributed by atoms with Crippen molar-refractivity contribution in [1.82, 2.24) is 4.57 Å². The van der Waals surface area contributed by atoms with Crippen molar-refractivity contribution in [2.75, 3.05) is 4.90 Å². The molecule has 2 nitrogen and oxygen atoms in total. The lowest BCUT2D eigenvalue weighted by Gasteiger charge is -2.29. The van der Waals surface area contributed by atoms with E-state index in [0.29, 0.717) is 0 Å². The molecule has 0 atom stereocenters. The number of hydrogen-bond acceptors (Lipinski definition) is 2. The van der Waals surface area contributed by atoms with E-state index in [0.717, 1.165) is 33.8 Å². The van der Waals surface area contributed by atoms with Crippen LogP contribution in [0.25, 0.3) is 91.8 Å². The lowest BCUT2D eigenvalue weighted by Crippen LogP contribution is -2.12. The molecule has 0 spiro atoms. The largest absolute Gasteiger partial charge is 0.309 e. The number of anilines is 3. The normalized spacial score (nSPS) is 11.6. The van der Waals surface area contributed by atoms with Gasteiger partial charge in [-0.05, 0) is 64.5 Å². The molecule has 12 rings (SSSR count). The average Bonchev–Trinajstić information content (AvgIpc) is 3.88. The molecule has 0 radical (unpaired) electrons. The van der Waals surface area contributed by atoms with Crippen molar-refractivity contribution in [2.24, 2.45) is 0 Å². The molecule has 2 heterocycles. The highest BCUT2D eigenvalue weighted by Crippen LogP contribution is 2.47. The van der Waals surface area contributed by atoms with Crippen LogP contribution in [-0.4, -0.2) is 4.57 Å². The summed E-state index contributed by atoms with van der Waals surface area (Å²) in [6.45, 7) is 0. The summed E-state index contributed by atoms with van der Waals surface area (Å²) in [6, 6.07) is 84.2. The molecule has 61 heavy (non-hydrogen) atoms. The minimum Gasteiger partial charge on any atom is -0.309 e. The highest BCUT2D eigenvalue weighted by Gasteiger charge is 2.23. The summed E-state index contributed by atoms with van der Waals surface area (Å²) in [5.41, 5.74) is 14.0. The molecule has 286 valence electrons. The Balaban J connectivity index is 1.10. The smallest absolute Gasteiger partial charge is 0.0562 e. The first-order valence-electron chi connectivity index (χ1n) is 20.8. The second kappa shape index (κ2) is 14.5. The third-order valence-electron chi connectivity index (χ3n) is 12.2. The molecule has 0 unspecified atom stereocenters. The zero-order valence-electron chi connectivity index (χ0n) is 33.2. The van der Waals surface area contributed by atoms with Crippen LogP contribution >= 0.6 is 11.3 Å². The van der Waals surface area contributed by atoms with E-state index in [1.54, 1.807) is 0 Å². The molecule has 12 aromatic rings. The SMILES string of the molecule is c1ccc(-c2ccc(-c3ccccc3N(c3ccc4c5ccccc5n(-c5ccccc5-c5cccc6c5sc5ccccc56)c4c3)c3cccc4ccccc34)cc2)cc1. The third-order valence-corrected chi connectivity index (χ3v) is 13.4. The van der Waals surface area contributed by atoms with E-state index in [2.05, 4.69) is 240 Å². The van der Waals surface area contributed by atoms with Crippen LogP contribution in [0.5, 0.6) is 0 Å². The minimum atomic E-state index is 1.09. The standard InChI is InChI=1S/C58H38N2S/c1-2-16-39(17-3-1)40-32-34-42(35-33-40)45-21-6-10-27-52(45)59(53-30-14-19-41-18-4-5-20-44(41)53)43-36-37-48-46-22-7-11-28-54(46)60(56(48)38-43)55-29-12-8-23-47(55)50-25-15-26-51-49-24-9-13-31-57(49)61-58(50)51/h1-38H. The van der Waals surface area contributed by atoms with Crippen LogP contribution in [0, 0.1) is 0 Å². The summed E-state index contributed by atoms with van der Waals surface area (Å²) < 4.78 is 5.11. The number of aromatic nitrogens is 1. The Kier molecular flexibility index (Phi) is 8.39. The van der Waals surface area contributed by atoms with Gasteiger partial charge in [-0.25, -0.2) is 0 Å². The van der Waals surface area contributed by atoms with E-state index in [1.807, 2.05) is 11.3 Å². The number of fused-ring (bicyclic) bond motifs is 7. The van der Waals surface area contributed by atoms with Crippen molar-refractivity contribution < 1.29 is 0 Å². The first-order chi connectivity index (χ1) is 30.3. The maximum atomic E-state index is 2.49. The van der Waals surface area contributed by atoms with Crippen molar-refractivity contribution in [3.8, 4) is 39.1 Å². The van der Waals surface area contributed by atoms with Gasteiger partial charge in [-0.3, -0.25) is 0 Å². The Morgan fingerprint density at radius 1 is 0.344 bits per heavy atom. The lowest BCUT2D eigenvalue weighted by atomic mass is 9.98. The molecule has 3 heteroatoms. The van der Waals surface area contributed by atoms with Crippen molar-refractivity contribution in [2.45, 2.75) is 0 Å². The van der Waals surface area contributed by atoms with Crippen LogP contribution in [0.3, 0.4) is 0 Å². The maximum Gasteiger partial charge on any atom is 0.0562 e. The fraction of sp³-hybridized carbons (Fsp3) is 0. The Labute approximate surface area is 358 Å². The van der Waals surface area contributed by atoms with Gasteiger partial charge in [0.15, 0.2) is 0 Å². The molecule has 0 amide bonds. The summed E-state index contributed by atoms with van der Waals surface area (Å²) >= 11 is 1.88. The molecular weight excluding hydrogens is 757 g/mol. The van der Waals surface area contributed by atoms with Crippen molar-refractivity contribution in [3.05, 3.63) is 231 Å². The van der Waals surface area contributed by atoms with Gasteiger partial charge in [0.2, 0.25) is 0 Å². The van der Waals surface area contributed by atoms with E-state index < -0.39 is 0 Å². The predicted octanol–water partition coefficient (Wildman–Crippen LogP) is 16.8. The van der Waals surface area contributed by atoms with Gasteiger partial charge in [0, 0.05) is 58.7 Å². The molecule has 0 bridgehead atoms. The van der Waals surface area contributed by atoms with Gasteiger partial charge in [0.25, 0.3) is 0 Å². The van der Waals surface area contributed by atoms with Gasteiger partial charge in [-0.15, -0.1) is 11.3 Å². The number of para-hydroxylation sites is 3. The number of benzene rings is 10. The monoisotopic (exact) mass is 794 g/mol. The summed E-state index contributed by atoms with van der Waals surface area (Å²) in [7, 11) is 0. The zero-order chi connectivity index (χ0) is 40.3. The Bertz CT molecular complexity index is 3590. The second-order valence-electron chi connectivity index (χ2n) is 15.6. The van der Waals surface area contributed by atoms with Gasteiger partial charge in [-0.1, -0.05) is 188 Å². The molecule has 2 aromatic heterocycles. The first kappa shape index (κ1) is 35.2. The molecule has 0 fully saturated rings. The van der Waals surface area contributed by atoms with Crippen molar-refractivity contribution in [3.63, 3.8) is 0 Å². The molecule has 0 aliphatic heterocycles. The topological polar surface area (TPSA) is 8.17 Å². The van der Waals surface area contributed by atoms with Crippen LogP contribution in [-0.2, 0) is 0 Å². The predicted molar refractivity (Wildman–Crippen MR) is 262 cm³/mol. The molecule has 0 aliphatic carbocycles. The number of hydrogen-bond donors (Lipinski definition) is 0. The molecule has 0 saturated heterocycles. The summed E-state index contributed by atoms with van der Waals surface area (Å²) in [5, 5.41) is 7.46. The molecule has 0 aliphatic rings. The average molecular weight is 795 g/mol. The Hall–Kier alpha value is -7.72. The quantitative estimate of drug-likeness (QED) is 0.156. The van der Waals surface area contributed by atoms with E-state index in [-0.39, 0.29) is 0 Å². The molecule has 0 N–H and O–H groups in total. The lowest BCUT2D eigenvalue weighted by molar-refractivity contribution is 1.18. The summed E-state index contributed by atoms with van der Waals surface area (Å²) in [6.07, 6.45) is 0. The van der Waals surface area contributed by atoms with Gasteiger partial charge in [-0.2, -0.15) is 0 Å². The number of thiophene rings is 1. The number of rotatable bonds is 7. The summed E-state index contributed by atoms with van der Waals surface area (Å²) in [5.74, 6) is 0. The highest BCUT2D eigenvalue weighted by atomic mass is 32.1. The van der Waals surface area contributed by atoms with Gasteiger partial charge in [0.1, 0.15) is 0 Å². The van der Waals surface area contributed by atoms with E-state index >= 15 is 0 Å². The third kappa shape index (κ3) is 5.85. The molecule has 0 saturated carbocycles. The van der Waals surface area contributed by atoms with Crippen molar-refractivity contribution >= 4 is 81.1 Å². The molecule has 10 aromatic carbocycles. The fourth-order valence-corrected chi connectivity index (χ4v) is 10.6. The number of nitrogens with zero attached hydrogens (tertiary/aromatic N) is 2. The van der Waals surface area contributed by atoms with Gasteiger partial charge in [0.05, 0.1) is 28.1 Å². The first-order valence-corrected chi connectivity index (χ1v) is 21.7. The van der Waals surface area contributed by atoms with Crippen LogP contribution in [0.4, 0.5) is 17.1 Å². The van der Waals surface area contributed by atoms with Crippen molar-refractivity contribution in [1.29, 1.82) is 0 Å². The maximum absolute atomic E-state index is 2.49. The van der Waals surface area contributed by atoms with Gasteiger partial charge >= 0.3 is 0 Å². The minimum absolute atomic E-state index is 1.09. The highest BCUT2D eigenvalue weighted by molar-refractivity contribution is 7.26. The Morgan fingerprint density at radius 3 is 1.82 bits per heavy atom. The van der Waals surface area contributed by atoms with Crippen LogP contribution in [0.15, 0.2) is 231 Å². The van der Waals surface area contributed by atoms with Crippen LogP contribution in [0.1, 0.15) is 0 Å². The molecular formula is C58H38N2S. The van der Waals surface area contributed by atoms with E-state index in [9.17, 15) is 0 Å². The zero-order valence-corrected chi connectivity index (χ0v) is 34.1.